The predicted molar refractivity (Wildman–Crippen MR) is 45.6 cm³/mol. The predicted octanol–water partition coefficient (Wildman–Crippen LogP) is 0.941. The van der Waals surface area contributed by atoms with Crippen LogP contribution in [0.4, 0.5) is 0 Å². The molecule has 1 saturated carbocycles. The van der Waals surface area contributed by atoms with E-state index in [1.807, 2.05) is 13.8 Å². The fourth-order valence-electron chi connectivity index (χ4n) is 1.48. The lowest BCUT2D eigenvalue weighted by Gasteiger charge is -2.08. The summed E-state index contributed by atoms with van der Waals surface area (Å²) in [5.41, 5.74) is 5.77. The lowest BCUT2D eigenvalue weighted by atomic mass is 10.3. The number of nitrogens with zero attached hydrogens (tertiary/aromatic N) is 3. The molecular formula is C8H14N4. The van der Waals surface area contributed by atoms with Gasteiger partial charge in [-0.05, 0) is 26.7 Å². The van der Waals surface area contributed by atoms with Crippen molar-refractivity contribution in [2.45, 2.75) is 38.8 Å². The highest BCUT2D eigenvalue weighted by Crippen LogP contribution is 2.37. The molecule has 4 heteroatoms. The summed E-state index contributed by atoms with van der Waals surface area (Å²) in [7, 11) is 0. The highest BCUT2D eigenvalue weighted by molar-refractivity contribution is 5.04. The Bertz CT molecular complexity index is 285. The fraction of sp³-hybridized carbons (Fsp3) is 0.750. The second-order valence-electron chi connectivity index (χ2n) is 3.50. The topological polar surface area (TPSA) is 56.7 Å². The van der Waals surface area contributed by atoms with E-state index in [9.17, 15) is 0 Å². The van der Waals surface area contributed by atoms with Gasteiger partial charge in [0.25, 0.3) is 0 Å². The lowest BCUT2D eigenvalue weighted by Crippen LogP contribution is -2.13. The summed E-state index contributed by atoms with van der Waals surface area (Å²) in [6, 6.07) is 0.618. The van der Waals surface area contributed by atoms with Crippen LogP contribution in [-0.2, 0) is 0 Å². The third kappa shape index (κ3) is 1.12. The number of aryl methyl sites for hydroxylation is 1. The Hall–Kier alpha value is -0.900. The van der Waals surface area contributed by atoms with Crippen LogP contribution in [0.25, 0.3) is 0 Å². The van der Waals surface area contributed by atoms with Crippen molar-refractivity contribution in [3.8, 4) is 0 Å². The number of hydrogen-bond donors (Lipinski definition) is 1. The Labute approximate surface area is 71.8 Å². The van der Waals surface area contributed by atoms with Crippen molar-refractivity contribution >= 4 is 0 Å². The highest BCUT2D eigenvalue weighted by Gasteiger charge is 2.28. The van der Waals surface area contributed by atoms with Gasteiger partial charge in [-0.1, -0.05) is 0 Å². The van der Waals surface area contributed by atoms with Gasteiger partial charge in [0.05, 0.1) is 6.04 Å². The Morgan fingerprint density at radius 1 is 1.50 bits per heavy atom. The monoisotopic (exact) mass is 166 g/mol. The maximum Gasteiger partial charge on any atom is 0.149 e. The standard InChI is InChI=1S/C8H14N4/c1-5(9)8-11-10-6(2)12(8)7-3-4-7/h5,7H,3-4,9H2,1-2H3/t5-/m1/s1. The summed E-state index contributed by atoms with van der Waals surface area (Å²) in [6.07, 6.45) is 2.50. The van der Waals surface area contributed by atoms with E-state index in [0.717, 1.165) is 11.6 Å². The van der Waals surface area contributed by atoms with Crippen molar-refractivity contribution in [2.24, 2.45) is 5.73 Å². The first-order valence-electron chi connectivity index (χ1n) is 4.37. The molecule has 0 saturated heterocycles. The summed E-state index contributed by atoms with van der Waals surface area (Å²) in [5, 5.41) is 8.10. The lowest BCUT2D eigenvalue weighted by molar-refractivity contribution is 0.614. The molecule has 0 amide bonds. The normalized spacial score (nSPS) is 19.6. The molecule has 66 valence electrons. The van der Waals surface area contributed by atoms with Crippen molar-refractivity contribution < 1.29 is 0 Å². The van der Waals surface area contributed by atoms with Gasteiger partial charge < -0.3 is 10.3 Å². The summed E-state index contributed by atoms with van der Waals surface area (Å²) >= 11 is 0. The van der Waals surface area contributed by atoms with E-state index < -0.39 is 0 Å². The van der Waals surface area contributed by atoms with Crippen LogP contribution in [-0.4, -0.2) is 14.8 Å². The van der Waals surface area contributed by atoms with Crippen LogP contribution in [0.3, 0.4) is 0 Å². The Morgan fingerprint density at radius 2 is 2.17 bits per heavy atom. The Morgan fingerprint density at radius 3 is 2.67 bits per heavy atom. The molecule has 1 fully saturated rings. The minimum Gasteiger partial charge on any atom is -0.322 e. The van der Waals surface area contributed by atoms with Crippen LogP contribution < -0.4 is 5.73 Å². The van der Waals surface area contributed by atoms with Gasteiger partial charge in [0.15, 0.2) is 0 Å². The van der Waals surface area contributed by atoms with Crippen LogP contribution in [0, 0.1) is 6.92 Å². The molecule has 2 N–H and O–H groups in total. The molecule has 1 aromatic heterocycles. The molecule has 1 heterocycles. The SMILES string of the molecule is Cc1nnc([C@@H](C)N)n1C1CC1. The van der Waals surface area contributed by atoms with Crippen molar-refractivity contribution in [1.82, 2.24) is 14.8 Å². The molecule has 0 unspecified atom stereocenters. The molecule has 0 bridgehead atoms. The molecule has 4 nitrogen and oxygen atoms in total. The zero-order chi connectivity index (χ0) is 8.72. The molecule has 0 aromatic carbocycles. The van der Waals surface area contributed by atoms with Gasteiger partial charge in [-0.3, -0.25) is 0 Å². The molecule has 1 atom stereocenters. The highest BCUT2D eigenvalue weighted by atomic mass is 15.3. The van der Waals surface area contributed by atoms with Crippen molar-refractivity contribution in [2.75, 3.05) is 0 Å². The van der Waals surface area contributed by atoms with E-state index in [1.165, 1.54) is 12.8 Å². The molecule has 0 aliphatic heterocycles. The average Bonchev–Trinajstić information content (AvgIpc) is 2.75. The van der Waals surface area contributed by atoms with Gasteiger partial charge >= 0.3 is 0 Å². The maximum absolute atomic E-state index is 5.77. The minimum absolute atomic E-state index is 0.00759. The third-order valence-electron chi connectivity index (χ3n) is 2.21. The van der Waals surface area contributed by atoms with E-state index in [1.54, 1.807) is 0 Å². The van der Waals surface area contributed by atoms with E-state index >= 15 is 0 Å². The zero-order valence-corrected chi connectivity index (χ0v) is 7.49. The van der Waals surface area contributed by atoms with Crippen LogP contribution in [0.2, 0.25) is 0 Å². The molecule has 0 spiro atoms. The van der Waals surface area contributed by atoms with E-state index in [0.29, 0.717) is 6.04 Å². The van der Waals surface area contributed by atoms with Crippen LogP contribution in [0.1, 0.15) is 43.5 Å². The Kier molecular flexibility index (Phi) is 1.65. The summed E-state index contributed by atoms with van der Waals surface area (Å²) in [5.74, 6) is 1.92. The zero-order valence-electron chi connectivity index (χ0n) is 7.49. The van der Waals surface area contributed by atoms with Gasteiger partial charge in [0.2, 0.25) is 0 Å². The molecule has 1 aromatic rings. The molecular weight excluding hydrogens is 152 g/mol. The van der Waals surface area contributed by atoms with Crippen LogP contribution in [0.5, 0.6) is 0 Å². The fourth-order valence-corrected chi connectivity index (χ4v) is 1.48. The number of aromatic nitrogens is 3. The number of hydrogen-bond acceptors (Lipinski definition) is 3. The Balaban J connectivity index is 2.39. The smallest absolute Gasteiger partial charge is 0.149 e. The summed E-state index contributed by atoms with van der Waals surface area (Å²) < 4.78 is 2.17. The summed E-state index contributed by atoms with van der Waals surface area (Å²) in [4.78, 5) is 0. The van der Waals surface area contributed by atoms with Gasteiger partial charge in [-0.25, -0.2) is 0 Å². The van der Waals surface area contributed by atoms with E-state index in [-0.39, 0.29) is 6.04 Å². The van der Waals surface area contributed by atoms with Gasteiger partial charge in [0.1, 0.15) is 11.6 Å². The van der Waals surface area contributed by atoms with Crippen molar-refractivity contribution in [1.29, 1.82) is 0 Å². The van der Waals surface area contributed by atoms with E-state index in [2.05, 4.69) is 14.8 Å². The molecule has 2 rings (SSSR count). The van der Waals surface area contributed by atoms with E-state index in [4.69, 9.17) is 5.73 Å². The number of nitrogens with two attached hydrogens (primary N) is 1. The van der Waals surface area contributed by atoms with Crippen LogP contribution >= 0.6 is 0 Å². The third-order valence-corrected chi connectivity index (χ3v) is 2.21. The van der Waals surface area contributed by atoms with Gasteiger partial charge in [-0.15, -0.1) is 10.2 Å². The molecule has 1 aliphatic carbocycles. The second kappa shape index (κ2) is 2.55. The first-order valence-corrected chi connectivity index (χ1v) is 4.37. The summed E-state index contributed by atoms with van der Waals surface area (Å²) in [6.45, 7) is 3.93. The second-order valence-corrected chi connectivity index (χ2v) is 3.50. The quantitative estimate of drug-likeness (QED) is 0.711. The van der Waals surface area contributed by atoms with Crippen molar-refractivity contribution in [3.05, 3.63) is 11.6 Å². The minimum atomic E-state index is -0.00759. The molecule has 0 radical (unpaired) electrons. The first kappa shape index (κ1) is 7.73. The maximum atomic E-state index is 5.77. The average molecular weight is 166 g/mol. The van der Waals surface area contributed by atoms with Gasteiger partial charge in [-0.2, -0.15) is 0 Å². The molecule has 1 aliphatic rings. The van der Waals surface area contributed by atoms with Crippen molar-refractivity contribution in [3.63, 3.8) is 0 Å². The first-order chi connectivity index (χ1) is 5.70. The largest absolute Gasteiger partial charge is 0.322 e. The van der Waals surface area contributed by atoms with Crippen LogP contribution in [0.15, 0.2) is 0 Å². The van der Waals surface area contributed by atoms with Gasteiger partial charge in [0, 0.05) is 6.04 Å². The number of rotatable bonds is 2. The molecule has 12 heavy (non-hydrogen) atoms.